The Morgan fingerprint density at radius 2 is 1.53 bits per heavy atom. The van der Waals surface area contributed by atoms with Crippen molar-refractivity contribution in [1.29, 1.82) is 0 Å². The highest BCUT2D eigenvalue weighted by Gasteiger charge is 2.25. The fourth-order valence-electron chi connectivity index (χ4n) is 4.45. The van der Waals surface area contributed by atoms with E-state index in [1.807, 2.05) is 37.3 Å². The van der Waals surface area contributed by atoms with E-state index in [1.54, 1.807) is 12.1 Å². The van der Waals surface area contributed by atoms with E-state index in [0.29, 0.717) is 12.0 Å². The van der Waals surface area contributed by atoms with E-state index in [1.165, 1.54) is 32.7 Å². The predicted octanol–water partition coefficient (Wildman–Crippen LogP) is 2.40. The van der Waals surface area contributed by atoms with Gasteiger partial charge in [-0.3, -0.25) is 23.3 Å². The Labute approximate surface area is 203 Å². The lowest BCUT2D eigenvalue weighted by molar-refractivity contribution is 0.433. The fraction of sp³-hybridized carbons (Fsp3) is 0.231. The van der Waals surface area contributed by atoms with Gasteiger partial charge in [0.15, 0.2) is 11.2 Å². The first-order valence-corrected chi connectivity index (χ1v) is 11.6. The molecule has 184 valence electrons. The van der Waals surface area contributed by atoms with E-state index < -0.39 is 22.6 Å². The Balaban J connectivity index is 1.89. The van der Waals surface area contributed by atoms with Crippen molar-refractivity contribution in [3.05, 3.63) is 108 Å². The van der Waals surface area contributed by atoms with Crippen molar-refractivity contribution in [3.63, 3.8) is 0 Å². The highest BCUT2D eigenvalue weighted by Crippen LogP contribution is 2.23. The molecule has 3 heterocycles. The summed E-state index contributed by atoms with van der Waals surface area (Å²) in [6.07, 6.45) is 0.849. The zero-order chi connectivity index (χ0) is 25.6. The van der Waals surface area contributed by atoms with Gasteiger partial charge in [0.25, 0.3) is 11.1 Å². The van der Waals surface area contributed by atoms with Crippen LogP contribution >= 0.6 is 0 Å². The molecule has 0 amide bonds. The van der Waals surface area contributed by atoms with Gasteiger partial charge < -0.3 is 5.11 Å². The second-order valence-electron chi connectivity index (χ2n) is 8.71. The summed E-state index contributed by atoms with van der Waals surface area (Å²) in [5, 5.41) is 11.2. The lowest BCUT2D eigenvalue weighted by Gasteiger charge is -2.13. The maximum atomic E-state index is 13.5. The van der Waals surface area contributed by atoms with Gasteiger partial charge >= 0.3 is 5.69 Å². The van der Waals surface area contributed by atoms with Gasteiger partial charge in [-0.25, -0.2) is 13.6 Å². The summed E-state index contributed by atoms with van der Waals surface area (Å²) >= 11 is 0. The first kappa shape index (κ1) is 23.3. The predicted molar refractivity (Wildman–Crippen MR) is 133 cm³/mol. The van der Waals surface area contributed by atoms with Crippen LogP contribution in [0.2, 0.25) is 0 Å². The quantitative estimate of drug-likeness (QED) is 0.395. The van der Waals surface area contributed by atoms with E-state index in [9.17, 15) is 23.9 Å². The molecule has 10 heteroatoms. The molecular weight excluding hydrogens is 465 g/mol. The summed E-state index contributed by atoms with van der Waals surface area (Å²) in [4.78, 5) is 44.4. The topological polar surface area (TPSA) is 104 Å². The number of fused-ring (bicyclic) bond motifs is 3. The highest BCUT2D eigenvalue weighted by atomic mass is 19.1. The molecule has 0 aliphatic carbocycles. The summed E-state index contributed by atoms with van der Waals surface area (Å²) in [5.74, 6) is -0.772. The zero-order valence-electron chi connectivity index (χ0n) is 19.8. The lowest BCUT2D eigenvalue weighted by Crippen LogP contribution is -2.38. The minimum atomic E-state index is -0.642. The number of hydrogen-bond acceptors (Lipinski definition) is 5. The van der Waals surface area contributed by atoms with Crippen LogP contribution in [0.1, 0.15) is 30.0 Å². The van der Waals surface area contributed by atoms with Crippen molar-refractivity contribution in [2.75, 3.05) is 0 Å². The molecule has 1 N–H and O–H groups in total. The van der Waals surface area contributed by atoms with Crippen molar-refractivity contribution in [3.8, 4) is 5.88 Å². The average molecular weight is 490 g/mol. The number of aromatic hydroxyl groups is 1. The maximum Gasteiger partial charge on any atom is 0.332 e. The standard InChI is InChI=1S/C26H24FN5O4/c1-3-7-19-22(33)31(15-17-10-12-18(27)13-11-17)25-28-21-20(32(25)23(19)34)24(35)29(2)26(36)30(21)14-16-8-5-4-6-9-16/h4-6,8-13,34H,3,7,14-15H2,1-2H3. The molecule has 0 aliphatic rings. The molecule has 3 aromatic heterocycles. The minimum Gasteiger partial charge on any atom is -0.494 e. The molecule has 0 fully saturated rings. The molecule has 36 heavy (non-hydrogen) atoms. The van der Waals surface area contributed by atoms with Crippen LogP contribution in [0.5, 0.6) is 5.88 Å². The third kappa shape index (κ3) is 3.71. The van der Waals surface area contributed by atoms with Crippen LogP contribution in [0.15, 0.2) is 69.0 Å². The molecule has 0 radical (unpaired) electrons. The SMILES string of the molecule is CCCc1c(O)n2c3c(=O)n(C)c(=O)n(Cc4ccccc4)c3nc2n(Cc2ccc(F)cc2)c1=O. The van der Waals surface area contributed by atoms with Gasteiger partial charge in [0.1, 0.15) is 5.82 Å². The lowest BCUT2D eigenvalue weighted by atomic mass is 10.1. The largest absolute Gasteiger partial charge is 0.494 e. The number of halogens is 1. The second-order valence-corrected chi connectivity index (χ2v) is 8.71. The number of hydrogen-bond donors (Lipinski definition) is 1. The molecule has 0 saturated heterocycles. The smallest absolute Gasteiger partial charge is 0.332 e. The van der Waals surface area contributed by atoms with E-state index >= 15 is 0 Å². The Morgan fingerprint density at radius 1 is 0.889 bits per heavy atom. The Bertz CT molecular complexity index is 1780. The van der Waals surface area contributed by atoms with Crippen LogP contribution in [-0.2, 0) is 26.6 Å². The van der Waals surface area contributed by atoms with Crippen molar-refractivity contribution >= 4 is 16.9 Å². The van der Waals surface area contributed by atoms with Crippen molar-refractivity contribution in [1.82, 2.24) is 23.1 Å². The van der Waals surface area contributed by atoms with E-state index in [0.717, 1.165) is 10.1 Å². The van der Waals surface area contributed by atoms with Crippen molar-refractivity contribution < 1.29 is 9.50 Å². The summed E-state index contributed by atoms with van der Waals surface area (Å²) < 4.78 is 18.4. The first-order valence-electron chi connectivity index (χ1n) is 11.6. The monoisotopic (exact) mass is 489 g/mol. The van der Waals surface area contributed by atoms with E-state index in [2.05, 4.69) is 4.98 Å². The van der Waals surface area contributed by atoms with Gasteiger partial charge in [0.2, 0.25) is 11.7 Å². The van der Waals surface area contributed by atoms with Gasteiger partial charge in [-0.15, -0.1) is 0 Å². The highest BCUT2D eigenvalue weighted by molar-refractivity contribution is 5.76. The van der Waals surface area contributed by atoms with Gasteiger partial charge in [-0.1, -0.05) is 55.8 Å². The van der Waals surface area contributed by atoms with Crippen LogP contribution in [-0.4, -0.2) is 28.2 Å². The molecule has 0 bridgehead atoms. The summed E-state index contributed by atoms with van der Waals surface area (Å²) in [6.45, 7) is 2.04. The molecule has 5 rings (SSSR count). The first-order chi connectivity index (χ1) is 17.3. The third-order valence-electron chi connectivity index (χ3n) is 6.29. The normalized spacial score (nSPS) is 11.5. The number of aromatic nitrogens is 5. The number of imidazole rings is 1. The van der Waals surface area contributed by atoms with Crippen LogP contribution in [0.4, 0.5) is 4.39 Å². The molecule has 0 unspecified atom stereocenters. The molecule has 0 aliphatic heterocycles. The number of rotatable bonds is 6. The van der Waals surface area contributed by atoms with E-state index in [-0.39, 0.29) is 47.9 Å². The van der Waals surface area contributed by atoms with Gasteiger partial charge in [0.05, 0.1) is 18.7 Å². The minimum absolute atomic E-state index is 0.00857. The Kier molecular flexibility index (Phi) is 5.79. The second kappa shape index (κ2) is 8.95. The number of nitrogens with zero attached hydrogens (tertiary/aromatic N) is 5. The van der Waals surface area contributed by atoms with Crippen LogP contribution < -0.4 is 16.8 Å². The summed E-state index contributed by atoms with van der Waals surface area (Å²) in [6, 6.07) is 14.9. The zero-order valence-corrected chi connectivity index (χ0v) is 19.8. The van der Waals surface area contributed by atoms with E-state index in [4.69, 9.17) is 0 Å². The van der Waals surface area contributed by atoms with Gasteiger partial charge in [-0.2, -0.15) is 4.98 Å². The molecular formula is C26H24FN5O4. The molecule has 0 atom stereocenters. The fourth-order valence-corrected chi connectivity index (χ4v) is 4.45. The summed E-state index contributed by atoms with van der Waals surface area (Å²) in [5.41, 5.74) is -0.0400. The molecule has 9 nitrogen and oxygen atoms in total. The van der Waals surface area contributed by atoms with Gasteiger partial charge in [-0.05, 0) is 29.7 Å². The number of benzene rings is 2. The van der Waals surface area contributed by atoms with Crippen LogP contribution in [0, 0.1) is 5.82 Å². The van der Waals surface area contributed by atoms with Crippen molar-refractivity contribution in [2.24, 2.45) is 7.05 Å². The third-order valence-corrected chi connectivity index (χ3v) is 6.29. The molecule has 0 saturated carbocycles. The molecule has 0 spiro atoms. The molecule has 2 aromatic carbocycles. The Morgan fingerprint density at radius 3 is 2.19 bits per heavy atom. The van der Waals surface area contributed by atoms with Crippen LogP contribution in [0.25, 0.3) is 16.9 Å². The van der Waals surface area contributed by atoms with Crippen molar-refractivity contribution in [2.45, 2.75) is 32.9 Å². The Hall–Kier alpha value is -4.47. The summed E-state index contributed by atoms with van der Waals surface area (Å²) in [7, 11) is 1.36. The maximum absolute atomic E-state index is 13.5. The van der Waals surface area contributed by atoms with Gasteiger partial charge in [0, 0.05) is 7.05 Å². The molecule has 5 aromatic rings. The van der Waals surface area contributed by atoms with Crippen LogP contribution in [0.3, 0.4) is 0 Å². The average Bonchev–Trinajstić information content (AvgIpc) is 3.28.